The number of aliphatic carboxylic acids is 1. The zero-order valence-electron chi connectivity index (χ0n) is 10.1. The van der Waals surface area contributed by atoms with Crippen LogP contribution in [0.4, 0.5) is 5.69 Å². The smallest absolute Gasteiger partial charge is 0.326 e. The van der Waals surface area contributed by atoms with E-state index in [1.807, 2.05) is 6.07 Å². The van der Waals surface area contributed by atoms with Gasteiger partial charge in [0.15, 0.2) is 0 Å². The second kappa shape index (κ2) is 7.00. The maximum Gasteiger partial charge on any atom is 0.326 e. The number of nitrogens with one attached hydrogen (secondary N) is 2. The number of carboxylic acid groups (broad SMARTS) is 1. The molecule has 0 aliphatic heterocycles. The number of carbonyl (C=O) groups is 3. The average molecular weight is 265 g/mol. The van der Waals surface area contributed by atoms with E-state index < -0.39 is 30.2 Å². The van der Waals surface area contributed by atoms with Gasteiger partial charge in [-0.2, -0.15) is 0 Å². The third-order valence-electron chi connectivity index (χ3n) is 2.27. The molecular weight excluding hydrogens is 250 g/mol. The number of para-hydroxylation sites is 1. The Labute approximate surface area is 109 Å². The second-order valence-corrected chi connectivity index (χ2v) is 3.85. The quantitative estimate of drug-likeness (QED) is 0.531. The Balaban J connectivity index is 2.45. The van der Waals surface area contributed by atoms with Crippen molar-refractivity contribution in [3.05, 3.63) is 30.3 Å². The molecule has 0 saturated carbocycles. The van der Waals surface area contributed by atoms with Crippen LogP contribution in [0.1, 0.15) is 6.42 Å². The first-order valence-electron chi connectivity index (χ1n) is 5.58. The number of hydrogen-bond acceptors (Lipinski definition) is 4. The molecule has 0 saturated heterocycles. The number of carbonyl (C=O) groups excluding carboxylic acids is 2. The van der Waals surface area contributed by atoms with Crippen molar-refractivity contribution in [1.29, 1.82) is 0 Å². The molecule has 0 radical (unpaired) electrons. The predicted octanol–water partition coefficient (Wildman–Crippen LogP) is -0.457. The Kier molecular flexibility index (Phi) is 5.34. The molecule has 2 amide bonds. The maximum atomic E-state index is 11.5. The monoisotopic (exact) mass is 265 g/mol. The number of benzene rings is 1. The van der Waals surface area contributed by atoms with Gasteiger partial charge in [-0.05, 0) is 12.1 Å². The number of rotatable bonds is 7. The Morgan fingerprint density at radius 3 is 2.37 bits per heavy atom. The summed E-state index contributed by atoms with van der Waals surface area (Å²) >= 11 is 0. The fourth-order valence-electron chi connectivity index (χ4n) is 1.38. The lowest BCUT2D eigenvalue weighted by atomic mass is 10.2. The summed E-state index contributed by atoms with van der Waals surface area (Å²) in [4.78, 5) is 33.0. The Morgan fingerprint density at radius 2 is 1.84 bits per heavy atom. The normalized spacial score (nSPS) is 11.4. The third-order valence-corrected chi connectivity index (χ3v) is 2.27. The van der Waals surface area contributed by atoms with Crippen molar-refractivity contribution in [3.63, 3.8) is 0 Å². The predicted molar refractivity (Wildman–Crippen MR) is 68.3 cm³/mol. The molecule has 5 N–H and O–H groups in total. The molecule has 7 nitrogen and oxygen atoms in total. The van der Waals surface area contributed by atoms with Crippen LogP contribution in [-0.2, 0) is 14.4 Å². The van der Waals surface area contributed by atoms with Crippen LogP contribution in [0.25, 0.3) is 0 Å². The number of nitrogens with two attached hydrogens (primary N) is 1. The average Bonchev–Trinajstić information content (AvgIpc) is 2.36. The summed E-state index contributed by atoms with van der Waals surface area (Å²) in [5.74, 6) is -2.62. The van der Waals surface area contributed by atoms with E-state index in [2.05, 4.69) is 10.6 Å². The number of carboxylic acids is 1. The molecule has 0 aromatic heterocycles. The summed E-state index contributed by atoms with van der Waals surface area (Å²) in [6.07, 6.45) is -0.438. The highest BCUT2D eigenvalue weighted by molar-refractivity contribution is 5.89. The van der Waals surface area contributed by atoms with Crippen molar-refractivity contribution in [2.75, 3.05) is 11.9 Å². The van der Waals surface area contributed by atoms with Crippen LogP contribution in [0.3, 0.4) is 0 Å². The van der Waals surface area contributed by atoms with Gasteiger partial charge >= 0.3 is 5.97 Å². The van der Waals surface area contributed by atoms with Crippen LogP contribution in [0.5, 0.6) is 0 Å². The van der Waals surface area contributed by atoms with Crippen molar-refractivity contribution >= 4 is 23.5 Å². The van der Waals surface area contributed by atoms with Crippen LogP contribution in [-0.4, -0.2) is 35.5 Å². The van der Waals surface area contributed by atoms with E-state index in [-0.39, 0.29) is 6.54 Å². The summed E-state index contributed by atoms with van der Waals surface area (Å²) in [6, 6.07) is 7.67. The Morgan fingerprint density at radius 1 is 1.21 bits per heavy atom. The Hall–Kier alpha value is -2.57. The standard InChI is InChI=1S/C12H15N3O4/c13-10(16)6-9(12(18)19)15-11(17)7-14-8-4-2-1-3-5-8/h1-5,9,14H,6-7H2,(H2,13,16)(H,15,17)(H,18,19)/t9-/m0/s1. The van der Waals surface area contributed by atoms with Gasteiger partial charge in [0.25, 0.3) is 0 Å². The highest BCUT2D eigenvalue weighted by Crippen LogP contribution is 2.03. The first-order valence-corrected chi connectivity index (χ1v) is 5.58. The van der Waals surface area contributed by atoms with Crippen LogP contribution in [0.15, 0.2) is 30.3 Å². The molecule has 7 heteroatoms. The van der Waals surface area contributed by atoms with Gasteiger partial charge in [-0.25, -0.2) is 4.79 Å². The molecule has 1 atom stereocenters. The summed E-state index contributed by atoms with van der Waals surface area (Å²) in [5, 5.41) is 13.9. The number of primary amides is 1. The van der Waals surface area contributed by atoms with Crippen molar-refractivity contribution in [1.82, 2.24) is 5.32 Å². The van der Waals surface area contributed by atoms with Gasteiger partial charge in [0.1, 0.15) is 6.04 Å². The molecule has 19 heavy (non-hydrogen) atoms. The van der Waals surface area contributed by atoms with Gasteiger partial charge < -0.3 is 21.5 Å². The van der Waals surface area contributed by atoms with E-state index in [4.69, 9.17) is 10.8 Å². The molecule has 0 aliphatic carbocycles. The van der Waals surface area contributed by atoms with Gasteiger partial charge in [-0.1, -0.05) is 18.2 Å². The van der Waals surface area contributed by atoms with Crippen molar-refractivity contribution < 1.29 is 19.5 Å². The largest absolute Gasteiger partial charge is 0.480 e. The second-order valence-electron chi connectivity index (χ2n) is 3.85. The maximum absolute atomic E-state index is 11.5. The van der Waals surface area contributed by atoms with E-state index in [1.165, 1.54) is 0 Å². The van der Waals surface area contributed by atoms with Gasteiger partial charge in [0.05, 0.1) is 13.0 Å². The summed E-state index contributed by atoms with van der Waals surface area (Å²) in [6.45, 7) is -0.0907. The van der Waals surface area contributed by atoms with Crippen LogP contribution in [0.2, 0.25) is 0 Å². The fraction of sp³-hybridized carbons (Fsp3) is 0.250. The van der Waals surface area contributed by atoms with Crippen molar-refractivity contribution in [3.8, 4) is 0 Å². The van der Waals surface area contributed by atoms with Crippen molar-refractivity contribution in [2.24, 2.45) is 5.73 Å². The van der Waals surface area contributed by atoms with E-state index in [1.54, 1.807) is 24.3 Å². The molecule has 102 valence electrons. The molecule has 0 unspecified atom stereocenters. The van der Waals surface area contributed by atoms with E-state index >= 15 is 0 Å². The van der Waals surface area contributed by atoms with E-state index in [0.717, 1.165) is 5.69 Å². The SMILES string of the molecule is NC(=O)C[C@H](NC(=O)CNc1ccccc1)C(=O)O. The van der Waals surface area contributed by atoms with Gasteiger partial charge in [-0.3, -0.25) is 9.59 Å². The van der Waals surface area contributed by atoms with Crippen LogP contribution in [0, 0.1) is 0 Å². The van der Waals surface area contributed by atoms with Gasteiger partial charge in [-0.15, -0.1) is 0 Å². The first kappa shape index (κ1) is 14.5. The molecule has 1 aromatic rings. The van der Waals surface area contributed by atoms with Crippen LogP contribution < -0.4 is 16.4 Å². The summed E-state index contributed by atoms with van der Waals surface area (Å²) in [7, 11) is 0. The van der Waals surface area contributed by atoms with Gasteiger partial charge in [0, 0.05) is 5.69 Å². The lowest BCUT2D eigenvalue weighted by Gasteiger charge is -2.13. The fourth-order valence-corrected chi connectivity index (χ4v) is 1.38. The molecule has 1 aromatic carbocycles. The lowest BCUT2D eigenvalue weighted by molar-refractivity contribution is -0.143. The minimum atomic E-state index is -1.30. The van der Waals surface area contributed by atoms with Gasteiger partial charge in [0.2, 0.25) is 11.8 Å². The summed E-state index contributed by atoms with van der Waals surface area (Å²) < 4.78 is 0. The molecule has 0 spiro atoms. The molecule has 0 heterocycles. The minimum Gasteiger partial charge on any atom is -0.480 e. The number of amides is 2. The first-order chi connectivity index (χ1) is 8.99. The zero-order chi connectivity index (χ0) is 14.3. The van der Waals surface area contributed by atoms with Crippen molar-refractivity contribution in [2.45, 2.75) is 12.5 Å². The van der Waals surface area contributed by atoms with E-state index in [9.17, 15) is 14.4 Å². The van der Waals surface area contributed by atoms with Crippen LogP contribution >= 0.6 is 0 Å². The lowest BCUT2D eigenvalue weighted by Crippen LogP contribution is -2.45. The number of anilines is 1. The highest BCUT2D eigenvalue weighted by Gasteiger charge is 2.21. The number of hydrogen-bond donors (Lipinski definition) is 4. The molecule has 1 rings (SSSR count). The zero-order valence-corrected chi connectivity index (χ0v) is 10.1. The van der Waals surface area contributed by atoms with E-state index in [0.29, 0.717) is 0 Å². The molecule has 0 aliphatic rings. The topological polar surface area (TPSA) is 122 Å². The third kappa shape index (κ3) is 5.53. The molecule has 0 fully saturated rings. The molecular formula is C12H15N3O4. The minimum absolute atomic E-state index is 0.0907. The summed E-state index contributed by atoms with van der Waals surface area (Å²) in [5.41, 5.74) is 5.64. The molecule has 0 bridgehead atoms. The highest BCUT2D eigenvalue weighted by atomic mass is 16.4. The Bertz CT molecular complexity index is 461.